The Kier molecular flexibility index (Phi) is 9.63. The topological polar surface area (TPSA) is 129 Å². The van der Waals surface area contributed by atoms with Crippen molar-refractivity contribution in [3.8, 4) is 0 Å². The highest BCUT2D eigenvalue weighted by atomic mass is 16.5. The Morgan fingerprint density at radius 1 is 1.08 bits per heavy atom. The molecule has 9 nitrogen and oxygen atoms in total. The number of nitrogens with zero attached hydrogens (tertiary/aromatic N) is 2. The molecule has 1 heterocycles. The lowest BCUT2D eigenvalue weighted by Gasteiger charge is -2.30. The second kappa shape index (κ2) is 12.7. The largest absolute Gasteiger partial charge is 0.452 e. The molecular formula is C29H39N5O4. The molecule has 4 N–H and O–H groups in total. The Hall–Kier alpha value is -3.72. The van der Waals surface area contributed by atoms with Gasteiger partial charge in [0.15, 0.2) is 5.96 Å². The van der Waals surface area contributed by atoms with Crippen LogP contribution in [0.25, 0.3) is 0 Å². The molecule has 1 fully saturated rings. The summed E-state index contributed by atoms with van der Waals surface area (Å²) in [6, 6.07) is 17.5. The number of imide groups is 1. The van der Waals surface area contributed by atoms with Crippen LogP contribution < -0.4 is 11.1 Å². The molecule has 1 saturated heterocycles. The number of carbonyl (C=O) groups excluding carboxylic acids is 3. The minimum absolute atomic E-state index is 0.0536. The molecule has 1 aliphatic rings. The summed E-state index contributed by atoms with van der Waals surface area (Å²) in [6.45, 7) is 6.14. The van der Waals surface area contributed by atoms with E-state index >= 15 is 0 Å². The molecule has 0 saturated carbocycles. The van der Waals surface area contributed by atoms with Gasteiger partial charge in [0.2, 0.25) is 5.91 Å². The summed E-state index contributed by atoms with van der Waals surface area (Å²) in [5, 5.41) is 11.7. The lowest BCUT2D eigenvalue weighted by atomic mass is 9.82. The molecule has 0 spiro atoms. The summed E-state index contributed by atoms with van der Waals surface area (Å²) in [6.07, 6.45) is 0.964. The second-order valence-corrected chi connectivity index (χ2v) is 10.3. The monoisotopic (exact) mass is 521 g/mol. The number of methoxy groups -OCH3 is 1. The van der Waals surface area contributed by atoms with Crippen LogP contribution in [0.15, 0.2) is 60.7 Å². The molecule has 38 heavy (non-hydrogen) atoms. The fourth-order valence-electron chi connectivity index (χ4n) is 5.05. The quantitative estimate of drug-likeness (QED) is 0.414. The maximum Gasteiger partial charge on any atom is 0.416 e. The van der Waals surface area contributed by atoms with Crippen molar-refractivity contribution in [1.29, 1.82) is 5.41 Å². The SMILES string of the molecule is COC(=O)N(C(=O)[C@@H](N)Cc1ccccc1)[C@@H](C)CCCN1C(=N)N[C@](CC(C)C)(c2ccccc2)C1=O. The molecule has 2 aromatic rings. The van der Waals surface area contributed by atoms with Gasteiger partial charge in [-0.15, -0.1) is 0 Å². The summed E-state index contributed by atoms with van der Waals surface area (Å²) in [4.78, 5) is 41.9. The van der Waals surface area contributed by atoms with E-state index in [1.807, 2.05) is 60.7 Å². The van der Waals surface area contributed by atoms with Gasteiger partial charge in [0.05, 0.1) is 13.2 Å². The number of guanidine groups is 1. The number of nitrogens with one attached hydrogen (secondary N) is 2. The maximum atomic E-state index is 13.7. The average molecular weight is 522 g/mol. The van der Waals surface area contributed by atoms with Crippen molar-refractivity contribution in [1.82, 2.24) is 15.1 Å². The zero-order valence-corrected chi connectivity index (χ0v) is 22.6. The molecule has 9 heteroatoms. The Labute approximate surface area is 224 Å². The van der Waals surface area contributed by atoms with E-state index in [4.69, 9.17) is 15.9 Å². The predicted octanol–water partition coefficient (Wildman–Crippen LogP) is 3.63. The number of hydrogen-bond acceptors (Lipinski definition) is 6. The van der Waals surface area contributed by atoms with Crippen molar-refractivity contribution in [3.05, 3.63) is 71.8 Å². The Balaban J connectivity index is 1.68. The van der Waals surface area contributed by atoms with Crippen LogP contribution >= 0.6 is 0 Å². The van der Waals surface area contributed by atoms with Crippen molar-refractivity contribution in [2.45, 2.75) is 64.1 Å². The molecular weight excluding hydrogens is 482 g/mol. The Bertz CT molecular complexity index is 1120. The normalized spacial score (nSPS) is 18.7. The van der Waals surface area contributed by atoms with Crippen LogP contribution in [0.1, 0.15) is 51.2 Å². The van der Waals surface area contributed by atoms with Crippen molar-refractivity contribution < 1.29 is 19.1 Å². The number of benzene rings is 2. The molecule has 0 bridgehead atoms. The van der Waals surface area contributed by atoms with E-state index in [0.717, 1.165) is 16.0 Å². The average Bonchev–Trinajstić information content (AvgIpc) is 3.14. The number of rotatable bonds is 11. The van der Waals surface area contributed by atoms with Gasteiger partial charge in [-0.05, 0) is 49.7 Å². The first-order chi connectivity index (χ1) is 18.1. The third-order valence-electron chi connectivity index (χ3n) is 6.86. The maximum absolute atomic E-state index is 13.7. The molecule has 2 aromatic carbocycles. The number of hydrogen-bond donors (Lipinski definition) is 3. The van der Waals surface area contributed by atoms with E-state index in [1.54, 1.807) is 6.92 Å². The molecule has 3 amide bonds. The molecule has 0 aromatic heterocycles. The number of nitrogens with two attached hydrogens (primary N) is 1. The van der Waals surface area contributed by atoms with E-state index in [-0.39, 0.29) is 24.3 Å². The summed E-state index contributed by atoms with van der Waals surface area (Å²) in [5.74, 6) is -0.405. The van der Waals surface area contributed by atoms with E-state index in [0.29, 0.717) is 25.7 Å². The summed E-state index contributed by atoms with van der Waals surface area (Å²) in [5.41, 5.74) is 6.92. The first-order valence-electron chi connectivity index (χ1n) is 13.1. The van der Waals surface area contributed by atoms with Crippen molar-refractivity contribution in [2.24, 2.45) is 11.7 Å². The first-order valence-corrected chi connectivity index (χ1v) is 13.1. The van der Waals surface area contributed by atoms with Crippen LogP contribution in [0.2, 0.25) is 0 Å². The van der Waals surface area contributed by atoms with E-state index in [2.05, 4.69) is 19.2 Å². The van der Waals surface area contributed by atoms with Gasteiger partial charge in [-0.2, -0.15) is 0 Å². The van der Waals surface area contributed by atoms with E-state index in [9.17, 15) is 14.4 Å². The first kappa shape index (κ1) is 28.8. The van der Waals surface area contributed by atoms with Gasteiger partial charge in [0.1, 0.15) is 5.54 Å². The van der Waals surface area contributed by atoms with Gasteiger partial charge >= 0.3 is 6.09 Å². The molecule has 0 aliphatic carbocycles. The lowest BCUT2D eigenvalue weighted by molar-refractivity contribution is -0.133. The molecule has 3 rings (SSSR count). The number of amides is 3. The van der Waals surface area contributed by atoms with Crippen LogP contribution in [0.5, 0.6) is 0 Å². The zero-order chi connectivity index (χ0) is 27.9. The van der Waals surface area contributed by atoms with Crippen LogP contribution in [-0.2, 0) is 26.3 Å². The molecule has 204 valence electrons. The van der Waals surface area contributed by atoms with E-state index in [1.165, 1.54) is 12.0 Å². The predicted molar refractivity (Wildman–Crippen MR) is 146 cm³/mol. The molecule has 0 unspecified atom stereocenters. The fourth-order valence-corrected chi connectivity index (χ4v) is 5.05. The summed E-state index contributed by atoms with van der Waals surface area (Å²) >= 11 is 0. The van der Waals surface area contributed by atoms with Crippen LogP contribution in [0, 0.1) is 11.3 Å². The third kappa shape index (κ3) is 6.39. The number of ether oxygens (including phenoxy) is 1. The van der Waals surface area contributed by atoms with Gasteiger partial charge in [0.25, 0.3) is 5.91 Å². The minimum Gasteiger partial charge on any atom is -0.452 e. The standard InChI is InChI=1S/C29H39N5O4/c1-20(2)19-29(23-15-9-6-10-16-23)26(36)33(27(31)32-29)17-11-12-21(3)34(28(37)38-4)25(35)24(30)18-22-13-7-5-8-14-22/h5-10,13-16,20-21,24H,11-12,17-19,30H2,1-4H3,(H2,31,32)/t21-,24-,29+/m0/s1. The lowest BCUT2D eigenvalue weighted by Crippen LogP contribution is -2.51. The molecule has 3 atom stereocenters. The smallest absolute Gasteiger partial charge is 0.416 e. The number of carbonyl (C=O) groups is 3. The molecule has 0 radical (unpaired) electrons. The zero-order valence-electron chi connectivity index (χ0n) is 22.6. The van der Waals surface area contributed by atoms with Crippen molar-refractivity contribution in [2.75, 3.05) is 13.7 Å². The highest BCUT2D eigenvalue weighted by Gasteiger charge is 2.50. The van der Waals surface area contributed by atoms with Gasteiger partial charge in [-0.1, -0.05) is 74.5 Å². The second-order valence-electron chi connectivity index (χ2n) is 10.3. The van der Waals surface area contributed by atoms with Gasteiger partial charge < -0.3 is 15.8 Å². The van der Waals surface area contributed by atoms with Crippen molar-refractivity contribution in [3.63, 3.8) is 0 Å². The minimum atomic E-state index is -0.990. The summed E-state index contributed by atoms with van der Waals surface area (Å²) < 4.78 is 4.88. The van der Waals surface area contributed by atoms with Crippen LogP contribution in [0.3, 0.4) is 0 Å². The summed E-state index contributed by atoms with van der Waals surface area (Å²) in [7, 11) is 1.23. The van der Waals surface area contributed by atoms with Gasteiger partial charge in [0, 0.05) is 12.6 Å². The van der Waals surface area contributed by atoms with Crippen LogP contribution in [0.4, 0.5) is 4.79 Å². The van der Waals surface area contributed by atoms with Crippen molar-refractivity contribution >= 4 is 23.9 Å². The Morgan fingerprint density at radius 3 is 2.26 bits per heavy atom. The highest BCUT2D eigenvalue weighted by Crippen LogP contribution is 2.35. The van der Waals surface area contributed by atoms with E-state index < -0.39 is 29.6 Å². The Morgan fingerprint density at radius 2 is 1.68 bits per heavy atom. The highest BCUT2D eigenvalue weighted by molar-refractivity contribution is 6.08. The fraction of sp³-hybridized carbons (Fsp3) is 0.448. The molecule has 1 aliphatic heterocycles. The van der Waals surface area contributed by atoms with Crippen LogP contribution in [-0.4, -0.2) is 59.4 Å². The third-order valence-corrected chi connectivity index (χ3v) is 6.86. The van der Waals surface area contributed by atoms with Gasteiger partial charge in [-0.3, -0.25) is 19.9 Å². The van der Waals surface area contributed by atoms with Gasteiger partial charge in [-0.25, -0.2) is 9.69 Å².